The van der Waals surface area contributed by atoms with Crippen LogP contribution in [0.3, 0.4) is 0 Å². The second-order valence-corrected chi connectivity index (χ2v) is 6.21. The molecule has 2 aromatic carbocycles. The number of benzene rings is 2. The van der Waals surface area contributed by atoms with Gasteiger partial charge in [0.15, 0.2) is 0 Å². The zero-order valence-electron chi connectivity index (χ0n) is 11.5. The molecular weight excluding hydrogens is 312 g/mol. The lowest BCUT2D eigenvalue weighted by atomic mass is 9.99. The van der Waals surface area contributed by atoms with Gasteiger partial charge in [-0.25, -0.2) is 0 Å². The van der Waals surface area contributed by atoms with Crippen LogP contribution in [0.25, 0.3) is 0 Å². The van der Waals surface area contributed by atoms with E-state index in [1.54, 1.807) is 0 Å². The van der Waals surface area contributed by atoms with E-state index in [2.05, 4.69) is 63.3 Å². The topological polar surface area (TPSA) is 29.3 Å². The highest BCUT2D eigenvalue weighted by atomic mass is 79.9. The number of hydrogen-bond acceptors (Lipinski definition) is 2. The third-order valence-corrected chi connectivity index (χ3v) is 4.70. The summed E-state index contributed by atoms with van der Waals surface area (Å²) in [5, 5.41) is 0. The Kier molecular flexibility index (Phi) is 4.20. The molecule has 0 bridgehead atoms. The SMILES string of the molecule is NCc1ccc(CN2CCc3ccccc3C2)c(Br)c1. The molecule has 1 aliphatic heterocycles. The van der Waals surface area contributed by atoms with Crippen LogP contribution in [0.1, 0.15) is 22.3 Å². The number of fused-ring (bicyclic) bond motifs is 1. The Morgan fingerprint density at radius 2 is 1.90 bits per heavy atom. The monoisotopic (exact) mass is 330 g/mol. The van der Waals surface area contributed by atoms with Crippen molar-refractivity contribution in [3.8, 4) is 0 Å². The smallest absolute Gasteiger partial charge is 0.0248 e. The predicted octanol–water partition coefficient (Wildman–Crippen LogP) is 3.47. The van der Waals surface area contributed by atoms with Crippen molar-refractivity contribution in [2.75, 3.05) is 6.54 Å². The van der Waals surface area contributed by atoms with E-state index in [9.17, 15) is 0 Å². The molecule has 20 heavy (non-hydrogen) atoms. The molecule has 2 aromatic rings. The summed E-state index contributed by atoms with van der Waals surface area (Å²) in [4.78, 5) is 2.50. The molecule has 0 saturated carbocycles. The summed E-state index contributed by atoms with van der Waals surface area (Å²) in [7, 11) is 0. The first-order valence-corrected chi connectivity index (χ1v) is 7.82. The third-order valence-electron chi connectivity index (χ3n) is 3.96. The molecule has 0 radical (unpaired) electrons. The minimum absolute atomic E-state index is 0.593. The molecule has 0 unspecified atom stereocenters. The number of nitrogens with zero attached hydrogens (tertiary/aromatic N) is 1. The Hall–Kier alpha value is -1.16. The Balaban J connectivity index is 1.73. The van der Waals surface area contributed by atoms with Gasteiger partial charge in [-0.3, -0.25) is 4.90 Å². The lowest BCUT2D eigenvalue weighted by Crippen LogP contribution is -2.30. The molecule has 3 rings (SSSR count). The summed E-state index contributed by atoms with van der Waals surface area (Å²) in [6, 6.07) is 15.2. The van der Waals surface area contributed by atoms with Crippen LogP contribution in [0.15, 0.2) is 46.9 Å². The van der Waals surface area contributed by atoms with Crippen molar-refractivity contribution in [3.63, 3.8) is 0 Å². The Morgan fingerprint density at radius 3 is 2.65 bits per heavy atom. The van der Waals surface area contributed by atoms with Gasteiger partial charge in [0.25, 0.3) is 0 Å². The zero-order chi connectivity index (χ0) is 13.9. The first kappa shape index (κ1) is 13.8. The van der Waals surface area contributed by atoms with E-state index >= 15 is 0 Å². The van der Waals surface area contributed by atoms with Crippen molar-refractivity contribution in [2.24, 2.45) is 5.73 Å². The number of rotatable bonds is 3. The minimum atomic E-state index is 0.593. The van der Waals surface area contributed by atoms with E-state index in [1.165, 1.54) is 26.7 Å². The average Bonchev–Trinajstić information content (AvgIpc) is 2.49. The lowest BCUT2D eigenvalue weighted by molar-refractivity contribution is 0.245. The summed E-state index contributed by atoms with van der Waals surface area (Å²) in [5.41, 5.74) is 11.1. The maximum absolute atomic E-state index is 5.67. The van der Waals surface area contributed by atoms with E-state index < -0.39 is 0 Å². The molecule has 0 saturated heterocycles. The Labute approximate surface area is 128 Å². The second-order valence-electron chi connectivity index (χ2n) is 5.36. The second kappa shape index (κ2) is 6.08. The van der Waals surface area contributed by atoms with Crippen LogP contribution in [0, 0.1) is 0 Å². The van der Waals surface area contributed by atoms with Crippen molar-refractivity contribution in [1.82, 2.24) is 4.90 Å². The maximum atomic E-state index is 5.67. The molecule has 1 heterocycles. The van der Waals surface area contributed by atoms with Gasteiger partial charge >= 0.3 is 0 Å². The predicted molar refractivity (Wildman–Crippen MR) is 86.3 cm³/mol. The standard InChI is InChI=1S/C17H19BrN2/c18-17-9-13(10-19)5-6-16(17)12-20-8-7-14-3-1-2-4-15(14)11-20/h1-6,9H,7-8,10-12,19H2. The van der Waals surface area contributed by atoms with E-state index in [1.807, 2.05) is 0 Å². The fraction of sp³-hybridized carbons (Fsp3) is 0.294. The van der Waals surface area contributed by atoms with Gasteiger partial charge in [0.05, 0.1) is 0 Å². The van der Waals surface area contributed by atoms with Crippen LogP contribution in [-0.2, 0) is 26.1 Å². The zero-order valence-corrected chi connectivity index (χ0v) is 13.1. The number of nitrogens with two attached hydrogens (primary N) is 1. The van der Waals surface area contributed by atoms with Crippen molar-refractivity contribution in [3.05, 3.63) is 69.2 Å². The summed E-state index contributed by atoms with van der Waals surface area (Å²) in [6.45, 7) is 3.75. The molecule has 0 atom stereocenters. The van der Waals surface area contributed by atoms with Crippen LogP contribution in [0.4, 0.5) is 0 Å². The van der Waals surface area contributed by atoms with Crippen molar-refractivity contribution in [1.29, 1.82) is 0 Å². The molecule has 0 amide bonds. The number of hydrogen-bond donors (Lipinski definition) is 1. The van der Waals surface area contributed by atoms with Gasteiger partial charge in [0.1, 0.15) is 0 Å². The highest BCUT2D eigenvalue weighted by molar-refractivity contribution is 9.10. The summed E-state index contributed by atoms with van der Waals surface area (Å²) in [6.07, 6.45) is 1.15. The van der Waals surface area contributed by atoms with E-state index in [-0.39, 0.29) is 0 Å². The quantitative estimate of drug-likeness (QED) is 0.933. The van der Waals surface area contributed by atoms with Crippen molar-refractivity contribution in [2.45, 2.75) is 26.1 Å². The van der Waals surface area contributed by atoms with Crippen LogP contribution >= 0.6 is 15.9 Å². The Morgan fingerprint density at radius 1 is 1.10 bits per heavy atom. The largest absolute Gasteiger partial charge is 0.326 e. The molecule has 2 nitrogen and oxygen atoms in total. The van der Waals surface area contributed by atoms with Crippen molar-refractivity contribution < 1.29 is 0 Å². The van der Waals surface area contributed by atoms with Gasteiger partial charge in [-0.15, -0.1) is 0 Å². The highest BCUT2D eigenvalue weighted by Crippen LogP contribution is 2.24. The van der Waals surface area contributed by atoms with Crippen LogP contribution in [0.2, 0.25) is 0 Å². The van der Waals surface area contributed by atoms with Gasteiger partial charge in [0.2, 0.25) is 0 Å². The van der Waals surface area contributed by atoms with Gasteiger partial charge < -0.3 is 5.73 Å². The molecule has 0 aliphatic carbocycles. The molecule has 1 aliphatic rings. The van der Waals surface area contributed by atoms with Gasteiger partial charge in [-0.05, 0) is 34.7 Å². The van der Waals surface area contributed by atoms with Gasteiger partial charge in [0, 0.05) is 30.7 Å². The lowest BCUT2D eigenvalue weighted by Gasteiger charge is -2.29. The fourth-order valence-electron chi connectivity index (χ4n) is 2.78. The average molecular weight is 331 g/mol. The van der Waals surface area contributed by atoms with Gasteiger partial charge in [-0.1, -0.05) is 52.3 Å². The first-order chi connectivity index (χ1) is 9.76. The fourth-order valence-corrected chi connectivity index (χ4v) is 3.33. The first-order valence-electron chi connectivity index (χ1n) is 7.03. The van der Waals surface area contributed by atoms with Crippen LogP contribution in [0.5, 0.6) is 0 Å². The molecule has 3 heteroatoms. The van der Waals surface area contributed by atoms with E-state index in [0.717, 1.165) is 26.1 Å². The normalized spacial score (nSPS) is 15.1. The molecule has 0 spiro atoms. The molecule has 0 aromatic heterocycles. The molecule has 104 valence electrons. The van der Waals surface area contributed by atoms with Crippen LogP contribution in [-0.4, -0.2) is 11.4 Å². The summed E-state index contributed by atoms with van der Waals surface area (Å²) in [5.74, 6) is 0. The molecule has 0 fully saturated rings. The van der Waals surface area contributed by atoms with Crippen LogP contribution < -0.4 is 5.73 Å². The maximum Gasteiger partial charge on any atom is 0.0248 e. The molecular formula is C17H19BrN2. The Bertz CT molecular complexity index is 610. The van der Waals surface area contributed by atoms with E-state index in [0.29, 0.717) is 6.54 Å². The molecule has 2 N–H and O–H groups in total. The number of halogens is 1. The minimum Gasteiger partial charge on any atom is -0.326 e. The highest BCUT2D eigenvalue weighted by Gasteiger charge is 2.16. The van der Waals surface area contributed by atoms with Gasteiger partial charge in [-0.2, -0.15) is 0 Å². The summed E-state index contributed by atoms with van der Waals surface area (Å²) < 4.78 is 1.17. The summed E-state index contributed by atoms with van der Waals surface area (Å²) >= 11 is 3.66. The third kappa shape index (κ3) is 2.95. The van der Waals surface area contributed by atoms with Crippen molar-refractivity contribution >= 4 is 15.9 Å². The van der Waals surface area contributed by atoms with E-state index in [4.69, 9.17) is 5.73 Å².